The van der Waals surface area contributed by atoms with Crippen LogP contribution < -0.4 is 5.73 Å². The number of rotatable bonds is 5. The van der Waals surface area contributed by atoms with Crippen molar-refractivity contribution in [3.8, 4) is 0 Å². The molecule has 3 amide bonds. The minimum atomic E-state index is -0.901. The minimum absolute atomic E-state index is 0.333. The third kappa shape index (κ3) is 6.85. The number of carboxylic acids is 1. The number of likely N-dealkylation sites (tertiary alicyclic amines) is 1. The molecule has 0 bridgehead atoms. The summed E-state index contributed by atoms with van der Waals surface area (Å²) in [5, 5.41) is 9.71. The monoisotopic (exact) mass is 435 g/mol. The average molecular weight is 436 g/mol. The standard InChI is InChI=1S/C17H23NO4.C5H10N2O2/c1-2-3-13-22-16(21)18-11-9-17(10-12-18,15(19)20)14-7-5-4-6-8-14;6-5(8)7-1-3-9-4-2-7/h4-8H,2-3,9-13H2,1H3,(H,19,20);1-4H2,(H2,6,8). The van der Waals surface area contributed by atoms with Gasteiger partial charge in [-0.25, -0.2) is 9.59 Å². The van der Waals surface area contributed by atoms with E-state index < -0.39 is 11.4 Å². The number of morpholine rings is 1. The summed E-state index contributed by atoms with van der Waals surface area (Å²) in [6.07, 6.45) is 2.32. The molecule has 2 heterocycles. The second kappa shape index (κ2) is 12.1. The molecule has 9 nitrogen and oxygen atoms in total. The number of hydrogen-bond donors (Lipinski definition) is 2. The predicted molar refractivity (Wildman–Crippen MR) is 115 cm³/mol. The largest absolute Gasteiger partial charge is 0.481 e. The van der Waals surface area contributed by atoms with Gasteiger partial charge in [-0.05, 0) is 24.8 Å². The van der Waals surface area contributed by atoms with Crippen molar-refractivity contribution in [1.82, 2.24) is 9.80 Å². The molecule has 2 fully saturated rings. The summed E-state index contributed by atoms with van der Waals surface area (Å²) in [7, 11) is 0. The van der Waals surface area contributed by atoms with Crippen LogP contribution in [0.25, 0.3) is 0 Å². The van der Waals surface area contributed by atoms with E-state index in [9.17, 15) is 19.5 Å². The van der Waals surface area contributed by atoms with Crippen LogP contribution >= 0.6 is 0 Å². The van der Waals surface area contributed by atoms with Crippen LogP contribution in [0.1, 0.15) is 38.2 Å². The van der Waals surface area contributed by atoms with Crippen molar-refractivity contribution in [3.05, 3.63) is 35.9 Å². The highest BCUT2D eigenvalue weighted by atomic mass is 16.6. The minimum Gasteiger partial charge on any atom is -0.481 e. The maximum Gasteiger partial charge on any atom is 0.409 e. The van der Waals surface area contributed by atoms with Gasteiger partial charge in [0.1, 0.15) is 0 Å². The van der Waals surface area contributed by atoms with Crippen LogP contribution in [-0.2, 0) is 19.7 Å². The van der Waals surface area contributed by atoms with Crippen LogP contribution in [-0.4, -0.2) is 79.0 Å². The summed E-state index contributed by atoms with van der Waals surface area (Å²) in [6.45, 7) is 5.78. The number of carbonyl (C=O) groups is 3. The normalized spacial score (nSPS) is 17.8. The molecule has 2 saturated heterocycles. The number of aliphatic carboxylic acids is 1. The SMILES string of the molecule is CCCCOC(=O)N1CCC(C(=O)O)(c2ccccc2)CC1.NC(=O)N1CCOCC1. The van der Waals surface area contributed by atoms with Gasteiger partial charge in [0, 0.05) is 26.2 Å². The molecule has 3 N–H and O–H groups in total. The Morgan fingerprint density at radius 1 is 1.06 bits per heavy atom. The third-order valence-electron chi connectivity index (χ3n) is 5.66. The number of carboxylic acid groups (broad SMARTS) is 1. The Labute approximate surface area is 183 Å². The summed E-state index contributed by atoms with van der Waals surface area (Å²) < 4.78 is 10.2. The molecule has 172 valence electrons. The summed E-state index contributed by atoms with van der Waals surface area (Å²) in [5.41, 5.74) is 4.90. The fourth-order valence-corrected chi connectivity index (χ4v) is 3.63. The van der Waals surface area contributed by atoms with E-state index in [2.05, 4.69) is 0 Å². The van der Waals surface area contributed by atoms with Crippen LogP contribution in [0.5, 0.6) is 0 Å². The molecule has 2 aliphatic rings. The van der Waals surface area contributed by atoms with Gasteiger partial charge in [-0.1, -0.05) is 43.7 Å². The van der Waals surface area contributed by atoms with Crippen molar-refractivity contribution in [2.75, 3.05) is 46.0 Å². The van der Waals surface area contributed by atoms with Crippen LogP contribution in [0, 0.1) is 0 Å². The maximum absolute atomic E-state index is 11.9. The van der Waals surface area contributed by atoms with E-state index >= 15 is 0 Å². The summed E-state index contributed by atoms with van der Waals surface area (Å²) in [4.78, 5) is 37.4. The van der Waals surface area contributed by atoms with Crippen LogP contribution in [0.15, 0.2) is 30.3 Å². The molecule has 0 spiro atoms. The molecule has 9 heteroatoms. The van der Waals surface area contributed by atoms with Crippen molar-refractivity contribution in [1.29, 1.82) is 0 Å². The Kier molecular flexibility index (Phi) is 9.58. The number of amides is 3. The van der Waals surface area contributed by atoms with Gasteiger partial charge in [0.15, 0.2) is 0 Å². The van der Waals surface area contributed by atoms with Crippen LogP contribution in [0.4, 0.5) is 9.59 Å². The summed E-state index contributed by atoms with van der Waals surface area (Å²) >= 11 is 0. The highest BCUT2D eigenvalue weighted by Crippen LogP contribution is 2.36. The smallest absolute Gasteiger partial charge is 0.409 e. The van der Waals surface area contributed by atoms with Gasteiger partial charge in [0.05, 0.1) is 25.2 Å². The molecule has 0 saturated carbocycles. The molecular weight excluding hydrogens is 402 g/mol. The number of ether oxygens (including phenoxy) is 2. The first kappa shape index (κ1) is 24.5. The van der Waals surface area contributed by atoms with E-state index in [1.165, 1.54) is 0 Å². The zero-order valence-corrected chi connectivity index (χ0v) is 18.1. The highest BCUT2D eigenvalue weighted by Gasteiger charge is 2.44. The molecule has 3 rings (SSSR count). The number of carbonyl (C=O) groups excluding carboxylic acids is 2. The van der Waals surface area contributed by atoms with E-state index in [0.717, 1.165) is 18.4 Å². The van der Waals surface area contributed by atoms with Gasteiger partial charge < -0.3 is 30.1 Å². The number of unbranched alkanes of at least 4 members (excludes halogenated alkanes) is 1. The van der Waals surface area contributed by atoms with Gasteiger partial charge in [0.2, 0.25) is 0 Å². The summed E-state index contributed by atoms with van der Waals surface area (Å²) in [5.74, 6) is -0.822. The van der Waals surface area contributed by atoms with Gasteiger partial charge in [-0.3, -0.25) is 4.79 Å². The van der Waals surface area contributed by atoms with E-state index in [4.69, 9.17) is 15.2 Å². The van der Waals surface area contributed by atoms with Crippen molar-refractivity contribution >= 4 is 18.1 Å². The molecular formula is C22H33N3O6. The number of primary amides is 1. The van der Waals surface area contributed by atoms with Crippen LogP contribution in [0.3, 0.4) is 0 Å². The summed E-state index contributed by atoms with van der Waals surface area (Å²) in [6, 6.07) is 8.93. The molecule has 0 radical (unpaired) electrons. The van der Waals surface area contributed by atoms with Crippen LogP contribution in [0.2, 0.25) is 0 Å². The average Bonchev–Trinajstić information content (AvgIpc) is 2.80. The van der Waals surface area contributed by atoms with Gasteiger partial charge >= 0.3 is 18.1 Å². The zero-order chi connectivity index (χ0) is 22.7. The lowest BCUT2D eigenvalue weighted by atomic mass is 9.73. The first-order valence-electron chi connectivity index (χ1n) is 10.7. The van der Waals surface area contributed by atoms with Crippen molar-refractivity contribution < 1.29 is 29.0 Å². The van der Waals surface area contributed by atoms with E-state index in [-0.39, 0.29) is 12.1 Å². The van der Waals surface area contributed by atoms with Crippen molar-refractivity contribution in [2.24, 2.45) is 5.73 Å². The molecule has 0 unspecified atom stereocenters. The highest BCUT2D eigenvalue weighted by molar-refractivity contribution is 5.82. The maximum atomic E-state index is 11.9. The molecule has 0 atom stereocenters. The number of hydrogen-bond acceptors (Lipinski definition) is 5. The Balaban J connectivity index is 0.000000316. The lowest BCUT2D eigenvalue weighted by Crippen LogP contribution is -2.49. The van der Waals surface area contributed by atoms with Gasteiger partial charge in [0.25, 0.3) is 0 Å². The topological polar surface area (TPSA) is 122 Å². The van der Waals surface area contributed by atoms with E-state index in [1.807, 2.05) is 37.3 Å². The van der Waals surface area contributed by atoms with Crippen molar-refractivity contribution in [3.63, 3.8) is 0 Å². The molecule has 0 aliphatic carbocycles. The molecule has 1 aromatic carbocycles. The molecule has 31 heavy (non-hydrogen) atoms. The lowest BCUT2D eigenvalue weighted by molar-refractivity contribution is -0.145. The second-order valence-electron chi connectivity index (χ2n) is 7.65. The van der Waals surface area contributed by atoms with Gasteiger partial charge in [-0.2, -0.15) is 0 Å². The van der Waals surface area contributed by atoms with E-state index in [1.54, 1.807) is 9.80 Å². The number of nitrogens with two attached hydrogens (primary N) is 1. The quantitative estimate of drug-likeness (QED) is 0.685. The predicted octanol–water partition coefficient (Wildman–Crippen LogP) is 2.44. The number of benzene rings is 1. The third-order valence-corrected chi connectivity index (χ3v) is 5.66. The fourth-order valence-electron chi connectivity index (χ4n) is 3.63. The Bertz CT molecular complexity index is 713. The first-order chi connectivity index (χ1) is 14.9. The van der Waals surface area contributed by atoms with Gasteiger partial charge in [-0.15, -0.1) is 0 Å². The zero-order valence-electron chi connectivity index (χ0n) is 18.1. The number of urea groups is 1. The Hall–Kier alpha value is -2.81. The molecule has 1 aromatic rings. The fraction of sp³-hybridized carbons (Fsp3) is 0.591. The Morgan fingerprint density at radius 2 is 1.68 bits per heavy atom. The Morgan fingerprint density at radius 3 is 2.16 bits per heavy atom. The van der Waals surface area contributed by atoms with Crippen molar-refractivity contribution in [2.45, 2.75) is 38.0 Å². The van der Waals surface area contributed by atoms with E-state index in [0.29, 0.717) is 58.8 Å². The lowest BCUT2D eigenvalue weighted by Gasteiger charge is -2.38. The molecule has 0 aromatic heterocycles. The second-order valence-corrected chi connectivity index (χ2v) is 7.65. The first-order valence-corrected chi connectivity index (χ1v) is 10.7. The number of nitrogens with zero attached hydrogens (tertiary/aromatic N) is 2. The number of piperidine rings is 1. The molecule has 2 aliphatic heterocycles.